The summed E-state index contributed by atoms with van der Waals surface area (Å²) < 4.78 is 5.45. The summed E-state index contributed by atoms with van der Waals surface area (Å²) >= 11 is 0. The van der Waals surface area contributed by atoms with Gasteiger partial charge in [-0.15, -0.1) is 0 Å². The van der Waals surface area contributed by atoms with Crippen molar-refractivity contribution in [2.75, 3.05) is 5.73 Å². The van der Waals surface area contributed by atoms with Crippen LogP contribution in [0, 0.1) is 0 Å². The van der Waals surface area contributed by atoms with Crippen molar-refractivity contribution in [1.82, 2.24) is 20.1 Å². The first-order valence-electron chi connectivity index (χ1n) is 7.65. The molecule has 1 saturated carbocycles. The Morgan fingerprint density at radius 3 is 2.82 bits per heavy atom. The fraction of sp³-hybridized carbons (Fsp3) is 0.375. The van der Waals surface area contributed by atoms with Crippen LogP contribution in [0.3, 0.4) is 0 Å². The Hall–Kier alpha value is -2.50. The molecule has 1 fully saturated rings. The van der Waals surface area contributed by atoms with E-state index in [9.17, 15) is 0 Å². The van der Waals surface area contributed by atoms with Crippen molar-refractivity contribution in [1.29, 1.82) is 0 Å². The van der Waals surface area contributed by atoms with Crippen LogP contribution >= 0.6 is 0 Å². The molecule has 0 atom stereocenters. The molecule has 112 valence electrons. The highest BCUT2D eigenvalue weighted by atomic mass is 16.5. The largest absolute Gasteiger partial charge is 0.383 e. The highest BCUT2D eigenvalue weighted by Gasteiger charge is 2.21. The van der Waals surface area contributed by atoms with E-state index in [2.05, 4.69) is 20.1 Å². The minimum absolute atomic E-state index is 0.435. The van der Waals surface area contributed by atoms with Gasteiger partial charge in [0.15, 0.2) is 5.82 Å². The number of benzene rings is 1. The van der Waals surface area contributed by atoms with Gasteiger partial charge >= 0.3 is 0 Å². The Morgan fingerprint density at radius 1 is 1.09 bits per heavy atom. The molecular formula is C16H17N5O. The summed E-state index contributed by atoms with van der Waals surface area (Å²) in [5, 5.41) is 5.00. The van der Waals surface area contributed by atoms with Gasteiger partial charge in [0.05, 0.1) is 5.52 Å². The van der Waals surface area contributed by atoms with Gasteiger partial charge in [0, 0.05) is 16.9 Å². The highest BCUT2D eigenvalue weighted by molar-refractivity contribution is 5.90. The average Bonchev–Trinajstić information content (AvgIpc) is 3.06. The fourth-order valence-corrected chi connectivity index (χ4v) is 3.09. The van der Waals surface area contributed by atoms with Crippen molar-refractivity contribution in [2.45, 2.75) is 38.0 Å². The maximum absolute atomic E-state index is 5.84. The fourth-order valence-electron chi connectivity index (χ4n) is 3.09. The van der Waals surface area contributed by atoms with Crippen LogP contribution in [0.1, 0.15) is 43.8 Å². The summed E-state index contributed by atoms with van der Waals surface area (Å²) in [6.07, 6.45) is 7.58. The molecule has 0 radical (unpaired) electrons. The lowest BCUT2D eigenvalue weighted by Crippen LogP contribution is -2.06. The van der Waals surface area contributed by atoms with Gasteiger partial charge in [0.1, 0.15) is 12.1 Å². The van der Waals surface area contributed by atoms with Crippen molar-refractivity contribution in [3.05, 3.63) is 30.4 Å². The van der Waals surface area contributed by atoms with Crippen LogP contribution in [-0.2, 0) is 0 Å². The predicted octanol–water partition coefficient (Wildman–Crippen LogP) is 3.31. The molecule has 2 aromatic heterocycles. The third-order valence-corrected chi connectivity index (χ3v) is 4.33. The van der Waals surface area contributed by atoms with Crippen LogP contribution in [-0.4, -0.2) is 20.1 Å². The molecule has 0 spiro atoms. The second-order valence-electron chi connectivity index (χ2n) is 5.78. The quantitative estimate of drug-likeness (QED) is 0.780. The zero-order valence-electron chi connectivity index (χ0n) is 12.2. The van der Waals surface area contributed by atoms with Gasteiger partial charge in [0.2, 0.25) is 0 Å². The lowest BCUT2D eigenvalue weighted by molar-refractivity contribution is 0.385. The van der Waals surface area contributed by atoms with E-state index in [1.165, 1.54) is 25.6 Å². The van der Waals surface area contributed by atoms with E-state index in [4.69, 9.17) is 10.3 Å². The van der Waals surface area contributed by atoms with E-state index in [0.717, 1.165) is 35.1 Å². The molecule has 1 aliphatic carbocycles. The second kappa shape index (κ2) is 5.36. The molecule has 22 heavy (non-hydrogen) atoms. The van der Waals surface area contributed by atoms with Gasteiger partial charge in [0.25, 0.3) is 5.89 Å². The van der Waals surface area contributed by atoms with Gasteiger partial charge < -0.3 is 10.3 Å². The minimum atomic E-state index is 0.435. The number of nitrogens with zero attached hydrogens (tertiary/aromatic N) is 4. The van der Waals surface area contributed by atoms with E-state index < -0.39 is 0 Å². The zero-order valence-corrected chi connectivity index (χ0v) is 12.2. The van der Waals surface area contributed by atoms with E-state index in [0.29, 0.717) is 17.6 Å². The summed E-state index contributed by atoms with van der Waals surface area (Å²) in [5.74, 6) is 2.28. The number of anilines is 1. The molecular weight excluding hydrogens is 278 g/mol. The van der Waals surface area contributed by atoms with Crippen molar-refractivity contribution in [3.63, 3.8) is 0 Å². The van der Waals surface area contributed by atoms with Crippen LogP contribution in [0.2, 0.25) is 0 Å². The number of rotatable bonds is 2. The summed E-state index contributed by atoms with van der Waals surface area (Å²) in [5.41, 5.74) is 7.49. The van der Waals surface area contributed by atoms with E-state index in [1.807, 2.05) is 18.2 Å². The molecule has 0 unspecified atom stereocenters. The molecule has 6 nitrogen and oxygen atoms in total. The number of hydrogen-bond donors (Lipinski definition) is 1. The first-order chi connectivity index (χ1) is 10.8. The maximum Gasteiger partial charge on any atom is 0.258 e. The van der Waals surface area contributed by atoms with Crippen LogP contribution in [0.5, 0.6) is 0 Å². The molecule has 3 aromatic rings. The molecule has 0 amide bonds. The Morgan fingerprint density at radius 2 is 1.95 bits per heavy atom. The van der Waals surface area contributed by atoms with Crippen LogP contribution in [0.25, 0.3) is 22.4 Å². The van der Waals surface area contributed by atoms with Gasteiger partial charge in [-0.1, -0.05) is 24.4 Å². The lowest BCUT2D eigenvalue weighted by atomic mass is 9.89. The molecule has 0 aliphatic heterocycles. The number of nitrogen functional groups attached to an aromatic ring is 1. The standard InChI is InChI=1S/C16H17N5O/c17-14-12-7-6-11(8-13(12)18-9-19-14)16-20-15(21-22-16)10-4-2-1-3-5-10/h6-10H,1-5H2,(H2,17,18,19). The molecule has 0 saturated heterocycles. The second-order valence-corrected chi connectivity index (χ2v) is 5.78. The van der Waals surface area contributed by atoms with Gasteiger partial charge in [-0.25, -0.2) is 9.97 Å². The van der Waals surface area contributed by atoms with E-state index in [-0.39, 0.29) is 0 Å². The predicted molar refractivity (Wildman–Crippen MR) is 83.1 cm³/mol. The van der Waals surface area contributed by atoms with Crippen LogP contribution in [0.15, 0.2) is 29.0 Å². The van der Waals surface area contributed by atoms with Crippen LogP contribution in [0.4, 0.5) is 5.82 Å². The Kier molecular flexibility index (Phi) is 3.21. The number of fused-ring (bicyclic) bond motifs is 1. The number of hydrogen-bond acceptors (Lipinski definition) is 6. The van der Waals surface area contributed by atoms with Gasteiger partial charge in [-0.3, -0.25) is 0 Å². The summed E-state index contributed by atoms with van der Waals surface area (Å²) in [6.45, 7) is 0. The third-order valence-electron chi connectivity index (χ3n) is 4.33. The zero-order chi connectivity index (χ0) is 14.9. The molecule has 4 rings (SSSR count). The Bertz CT molecular complexity index is 807. The first kappa shape index (κ1) is 13.2. The molecule has 2 heterocycles. The van der Waals surface area contributed by atoms with E-state index in [1.54, 1.807) is 0 Å². The normalized spacial score (nSPS) is 16.2. The van der Waals surface area contributed by atoms with E-state index >= 15 is 0 Å². The van der Waals surface area contributed by atoms with Crippen LogP contribution < -0.4 is 5.73 Å². The van der Waals surface area contributed by atoms with Crippen molar-refractivity contribution in [2.24, 2.45) is 0 Å². The summed E-state index contributed by atoms with van der Waals surface area (Å²) in [6, 6.07) is 5.72. The third kappa shape index (κ3) is 2.30. The lowest BCUT2D eigenvalue weighted by Gasteiger charge is -2.17. The smallest absolute Gasteiger partial charge is 0.258 e. The summed E-state index contributed by atoms with van der Waals surface area (Å²) in [7, 11) is 0. The number of nitrogens with two attached hydrogens (primary N) is 1. The molecule has 0 bridgehead atoms. The monoisotopic (exact) mass is 295 g/mol. The van der Waals surface area contributed by atoms with Crippen molar-refractivity contribution >= 4 is 16.7 Å². The van der Waals surface area contributed by atoms with Crippen molar-refractivity contribution in [3.8, 4) is 11.5 Å². The number of aromatic nitrogens is 4. The molecule has 1 aliphatic rings. The molecule has 1 aromatic carbocycles. The van der Waals surface area contributed by atoms with Gasteiger partial charge in [-0.2, -0.15) is 4.98 Å². The molecule has 2 N–H and O–H groups in total. The SMILES string of the molecule is Nc1ncnc2cc(-c3nc(C4CCCCC4)no3)ccc12. The van der Waals surface area contributed by atoms with Crippen molar-refractivity contribution < 1.29 is 4.52 Å². The highest BCUT2D eigenvalue weighted by Crippen LogP contribution is 2.32. The Labute approximate surface area is 127 Å². The molecule has 6 heteroatoms. The first-order valence-corrected chi connectivity index (χ1v) is 7.65. The maximum atomic E-state index is 5.84. The summed E-state index contributed by atoms with van der Waals surface area (Å²) in [4.78, 5) is 12.8. The minimum Gasteiger partial charge on any atom is -0.383 e. The topological polar surface area (TPSA) is 90.7 Å². The Balaban J connectivity index is 1.68. The average molecular weight is 295 g/mol. The van der Waals surface area contributed by atoms with Gasteiger partial charge in [-0.05, 0) is 31.0 Å².